The van der Waals surface area contributed by atoms with Gasteiger partial charge in [-0.15, -0.1) is 0 Å². The van der Waals surface area contributed by atoms with Crippen LogP contribution < -0.4 is 15.8 Å². The first-order valence-corrected chi connectivity index (χ1v) is 6.43. The average Bonchev–Trinajstić information content (AvgIpc) is 2.41. The van der Waals surface area contributed by atoms with E-state index in [-0.39, 0.29) is 18.1 Å². The highest BCUT2D eigenvalue weighted by atomic mass is 16.5. The minimum atomic E-state index is -0.570. The molecule has 0 unspecified atom stereocenters. The fourth-order valence-corrected chi connectivity index (χ4v) is 1.59. The van der Waals surface area contributed by atoms with Gasteiger partial charge in [-0.2, -0.15) is 0 Å². The summed E-state index contributed by atoms with van der Waals surface area (Å²) in [5, 5.41) is 2.76. The summed E-state index contributed by atoms with van der Waals surface area (Å²) in [5.41, 5.74) is 5.49. The molecular weight excluding hydrogens is 244 g/mol. The number of nitrogens with two attached hydrogens (primary N) is 1. The molecule has 0 spiro atoms. The number of ether oxygens (including phenoxy) is 1. The van der Waals surface area contributed by atoms with Crippen LogP contribution in [-0.2, 0) is 4.79 Å². The minimum Gasteiger partial charge on any atom is -0.483 e. The van der Waals surface area contributed by atoms with E-state index in [4.69, 9.17) is 10.5 Å². The van der Waals surface area contributed by atoms with Crippen LogP contribution in [0.1, 0.15) is 36.5 Å². The molecule has 0 heterocycles. The number of benzene rings is 1. The SMILES string of the molecule is CCCCCNC(=O)COc1ccccc1C(N)=O. The Labute approximate surface area is 113 Å². The molecule has 0 aromatic heterocycles. The molecule has 5 heteroatoms. The van der Waals surface area contributed by atoms with E-state index >= 15 is 0 Å². The molecule has 3 N–H and O–H groups in total. The molecule has 1 aromatic carbocycles. The van der Waals surface area contributed by atoms with Crippen molar-refractivity contribution in [3.05, 3.63) is 29.8 Å². The second-order valence-electron chi connectivity index (χ2n) is 4.21. The summed E-state index contributed by atoms with van der Waals surface area (Å²) in [7, 11) is 0. The first-order chi connectivity index (χ1) is 9.15. The van der Waals surface area contributed by atoms with E-state index < -0.39 is 5.91 Å². The van der Waals surface area contributed by atoms with Gasteiger partial charge in [0.2, 0.25) is 0 Å². The molecule has 0 aliphatic rings. The van der Waals surface area contributed by atoms with Gasteiger partial charge in [0.15, 0.2) is 6.61 Å². The molecule has 19 heavy (non-hydrogen) atoms. The van der Waals surface area contributed by atoms with Crippen molar-refractivity contribution in [3.8, 4) is 5.75 Å². The van der Waals surface area contributed by atoms with Crippen molar-refractivity contribution in [2.45, 2.75) is 26.2 Å². The van der Waals surface area contributed by atoms with E-state index in [1.807, 2.05) is 0 Å². The molecule has 2 amide bonds. The van der Waals surface area contributed by atoms with Crippen LogP contribution in [0.5, 0.6) is 5.75 Å². The molecule has 1 rings (SSSR count). The standard InChI is InChI=1S/C14H20N2O3/c1-2-3-6-9-16-13(17)10-19-12-8-5-4-7-11(12)14(15)18/h4-5,7-8H,2-3,6,9-10H2,1H3,(H2,15,18)(H,16,17). The number of hydrogen-bond donors (Lipinski definition) is 2. The maximum Gasteiger partial charge on any atom is 0.257 e. The van der Waals surface area contributed by atoms with E-state index in [0.717, 1.165) is 19.3 Å². The highest BCUT2D eigenvalue weighted by Gasteiger charge is 2.09. The average molecular weight is 264 g/mol. The molecule has 0 saturated heterocycles. The lowest BCUT2D eigenvalue weighted by Gasteiger charge is -2.09. The molecule has 0 aliphatic heterocycles. The van der Waals surface area contributed by atoms with Crippen LogP contribution in [0.2, 0.25) is 0 Å². The predicted molar refractivity (Wildman–Crippen MR) is 73.0 cm³/mol. The van der Waals surface area contributed by atoms with Gasteiger partial charge in [-0.3, -0.25) is 9.59 Å². The smallest absolute Gasteiger partial charge is 0.257 e. The Morgan fingerprint density at radius 2 is 2.00 bits per heavy atom. The summed E-state index contributed by atoms with van der Waals surface area (Å²) in [6, 6.07) is 6.60. The third-order valence-corrected chi connectivity index (χ3v) is 2.61. The van der Waals surface area contributed by atoms with Crippen LogP contribution in [0.4, 0.5) is 0 Å². The molecule has 1 aromatic rings. The number of para-hydroxylation sites is 1. The number of amides is 2. The van der Waals surface area contributed by atoms with Crippen molar-refractivity contribution in [1.82, 2.24) is 5.32 Å². The van der Waals surface area contributed by atoms with Crippen molar-refractivity contribution in [1.29, 1.82) is 0 Å². The maximum absolute atomic E-state index is 11.5. The van der Waals surface area contributed by atoms with Gasteiger partial charge in [-0.25, -0.2) is 0 Å². The molecule has 0 saturated carbocycles. The monoisotopic (exact) mass is 264 g/mol. The lowest BCUT2D eigenvalue weighted by Crippen LogP contribution is -2.30. The zero-order valence-electron chi connectivity index (χ0n) is 11.1. The van der Waals surface area contributed by atoms with Gasteiger partial charge in [0.1, 0.15) is 5.75 Å². The summed E-state index contributed by atoms with van der Waals surface area (Å²) in [6.07, 6.45) is 3.16. The molecule has 0 radical (unpaired) electrons. The predicted octanol–water partition coefficient (Wildman–Crippen LogP) is 1.47. The highest BCUT2D eigenvalue weighted by Crippen LogP contribution is 2.16. The Morgan fingerprint density at radius 3 is 2.68 bits per heavy atom. The zero-order valence-corrected chi connectivity index (χ0v) is 11.1. The Morgan fingerprint density at radius 1 is 1.26 bits per heavy atom. The number of hydrogen-bond acceptors (Lipinski definition) is 3. The Bertz CT molecular complexity index is 432. The number of nitrogens with one attached hydrogen (secondary N) is 1. The molecule has 104 valence electrons. The Kier molecular flexibility index (Phi) is 6.43. The second kappa shape index (κ2) is 8.13. The number of primary amides is 1. The molecule has 0 atom stereocenters. The van der Waals surface area contributed by atoms with Gasteiger partial charge in [-0.1, -0.05) is 31.9 Å². The zero-order chi connectivity index (χ0) is 14.1. The molecular formula is C14H20N2O3. The molecule has 0 aliphatic carbocycles. The minimum absolute atomic E-state index is 0.115. The van der Waals surface area contributed by atoms with E-state index in [1.165, 1.54) is 0 Å². The Hall–Kier alpha value is -2.04. The lowest BCUT2D eigenvalue weighted by atomic mass is 10.2. The quantitative estimate of drug-likeness (QED) is 0.698. The van der Waals surface area contributed by atoms with Crippen molar-refractivity contribution >= 4 is 11.8 Å². The van der Waals surface area contributed by atoms with Crippen molar-refractivity contribution < 1.29 is 14.3 Å². The summed E-state index contributed by atoms with van der Waals surface area (Å²) in [6.45, 7) is 2.63. The first-order valence-electron chi connectivity index (χ1n) is 6.43. The summed E-state index contributed by atoms with van der Waals surface area (Å²) < 4.78 is 5.30. The maximum atomic E-state index is 11.5. The topological polar surface area (TPSA) is 81.4 Å². The first kappa shape index (κ1) is 15.0. The normalized spacial score (nSPS) is 9.95. The van der Waals surface area contributed by atoms with Crippen LogP contribution in [0.25, 0.3) is 0 Å². The van der Waals surface area contributed by atoms with Crippen molar-refractivity contribution in [2.24, 2.45) is 5.73 Å². The van der Waals surface area contributed by atoms with E-state index in [0.29, 0.717) is 12.3 Å². The van der Waals surface area contributed by atoms with Gasteiger partial charge in [0, 0.05) is 6.54 Å². The fourth-order valence-electron chi connectivity index (χ4n) is 1.59. The summed E-state index contributed by atoms with van der Waals surface area (Å²) in [4.78, 5) is 22.7. The fraction of sp³-hybridized carbons (Fsp3) is 0.429. The van der Waals surface area contributed by atoms with Gasteiger partial charge >= 0.3 is 0 Å². The number of rotatable bonds is 8. The van der Waals surface area contributed by atoms with E-state index in [2.05, 4.69) is 12.2 Å². The van der Waals surface area contributed by atoms with Crippen LogP contribution in [0.3, 0.4) is 0 Å². The molecule has 5 nitrogen and oxygen atoms in total. The van der Waals surface area contributed by atoms with Crippen LogP contribution in [0, 0.1) is 0 Å². The van der Waals surface area contributed by atoms with Gasteiger partial charge in [-0.05, 0) is 18.6 Å². The van der Waals surface area contributed by atoms with Crippen LogP contribution >= 0.6 is 0 Å². The van der Waals surface area contributed by atoms with Crippen LogP contribution in [0.15, 0.2) is 24.3 Å². The number of unbranched alkanes of at least 4 members (excludes halogenated alkanes) is 2. The largest absolute Gasteiger partial charge is 0.483 e. The Balaban J connectivity index is 2.40. The molecule has 0 fully saturated rings. The highest BCUT2D eigenvalue weighted by molar-refractivity contribution is 5.95. The van der Waals surface area contributed by atoms with E-state index in [1.54, 1.807) is 24.3 Å². The second-order valence-corrected chi connectivity index (χ2v) is 4.21. The van der Waals surface area contributed by atoms with E-state index in [9.17, 15) is 9.59 Å². The van der Waals surface area contributed by atoms with Gasteiger partial charge < -0.3 is 15.8 Å². The van der Waals surface area contributed by atoms with Gasteiger partial charge in [0.05, 0.1) is 5.56 Å². The number of carbonyl (C=O) groups is 2. The number of carbonyl (C=O) groups excluding carboxylic acids is 2. The van der Waals surface area contributed by atoms with Gasteiger partial charge in [0.25, 0.3) is 11.8 Å². The third kappa shape index (κ3) is 5.42. The molecule has 0 bridgehead atoms. The lowest BCUT2D eigenvalue weighted by molar-refractivity contribution is -0.123. The van der Waals surface area contributed by atoms with Crippen molar-refractivity contribution in [3.63, 3.8) is 0 Å². The van der Waals surface area contributed by atoms with Crippen LogP contribution in [-0.4, -0.2) is 25.0 Å². The summed E-state index contributed by atoms with van der Waals surface area (Å²) >= 11 is 0. The van der Waals surface area contributed by atoms with Crippen molar-refractivity contribution in [2.75, 3.05) is 13.2 Å². The third-order valence-electron chi connectivity index (χ3n) is 2.61. The summed E-state index contributed by atoms with van der Waals surface area (Å²) in [5.74, 6) is -0.437.